The van der Waals surface area contributed by atoms with E-state index >= 15 is 0 Å². The molecular weight excluding hydrogens is 384 g/mol. The first-order valence-corrected chi connectivity index (χ1v) is 10.7. The van der Waals surface area contributed by atoms with Gasteiger partial charge in [-0.2, -0.15) is 0 Å². The lowest BCUT2D eigenvalue weighted by atomic mass is 10.1. The van der Waals surface area contributed by atoms with Crippen LogP contribution in [0.1, 0.15) is 50.4 Å². The van der Waals surface area contributed by atoms with Crippen molar-refractivity contribution in [2.24, 2.45) is 0 Å². The zero-order valence-electron chi connectivity index (χ0n) is 18.8. The Balaban J connectivity index is 1.77. The van der Waals surface area contributed by atoms with Crippen molar-refractivity contribution in [3.63, 3.8) is 0 Å². The van der Waals surface area contributed by atoms with E-state index in [4.69, 9.17) is 4.74 Å². The Morgan fingerprint density at radius 1 is 0.903 bits per heavy atom. The second kappa shape index (κ2) is 10.2. The monoisotopic (exact) mass is 416 g/mol. The van der Waals surface area contributed by atoms with Crippen LogP contribution < -0.4 is 10.1 Å². The zero-order chi connectivity index (χ0) is 22.3. The molecule has 0 bridgehead atoms. The van der Waals surface area contributed by atoms with Crippen LogP contribution in [0.4, 0.5) is 4.79 Å². The Hall–Kier alpha value is -3.27. The quantitative estimate of drug-likeness (QED) is 0.488. The molecule has 162 valence electrons. The summed E-state index contributed by atoms with van der Waals surface area (Å²) in [5.41, 5.74) is 2.93. The number of ether oxygens (including phenoxy) is 1. The maximum absolute atomic E-state index is 13.2. The van der Waals surface area contributed by atoms with E-state index in [1.54, 1.807) is 0 Å². The van der Waals surface area contributed by atoms with Crippen LogP contribution in [0.25, 0.3) is 0 Å². The Bertz CT molecular complexity index is 965. The lowest BCUT2D eigenvalue weighted by Gasteiger charge is -2.33. The van der Waals surface area contributed by atoms with E-state index in [-0.39, 0.29) is 17.6 Å². The molecule has 0 aliphatic heterocycles. The van der Waals surface area contributed by atoms with Crippen molar-refractivity contribution < 1.29 is 9.53 Å². The molecule has 0 saturated carbocycles. The predicted octanol–water partition coefficient (Wildman–Crippen LogP) is 6.34. The average Bonchev–Trinajstić information content (AvgIpc) is 2.76. The van der Waals surface area contributed by atoms with Crippen molar-refractivity contribution in [3.05, 3.63) is 102 Å². The third-order valence-corrected chi connectivity index (χ3v) is 4.99. The van der Waals surface area contributed by atoms with Gasteiger partial charge in [-0.15, -0.1) is 0 Å². The summed E-state index contributed by atoms with van der Waals surface area (Å²) >= 11 is 0. The highest BCUT2D eigenvalue weighted by molar-refractivity contribution is 5.75. The van der Waals surface area contributed by atoms with Crippen molar-refractivity contribution in [2.75, 3.05) is 0 Å². The SMILES string of the molecule is CC(c1ccccc1)N(Cc1cccc(OCc2ccccc2)c1)C(=O)NC(C)(C)C. The molecule has 0 aromatic heterocycles. The van der Waals surface area contributed by atoms with Crippen molar-refractivity contribution >= 4 is 6.03 Å². The molecule has 2 amide bonds. The lowest BCUT2D eigenvalue weighted by Crippen LogP contribution is -2.48. The van der Waals surface area contributed by atoms with Gasteiger partial charge in [-0.1, -0.05) is 72.8 Å². The molecule has 4 heteroatoms. The number of hydrogen-bond donors (Lipinski definition) is 1. The number of nitrogens with zero attached hydrogens (tertiary/aromatic N) is 1. The van der Waals surface area contributed by atoms with Crippen molar-refractivity contribution in [1.82, 2.24) is 10.2 Å². The number of urea groups is 1. The van der Waals surface area contributed by atoms with E-state index in [1.807, 2.05) is 98.5 Å². The van der Waals surface area contributed by atoms with Gasteiger partial charge in [0.25, 0.3) is 0 Å². The maximum Gasteiger partial charge on any atom is 0.318 e. The van der Waals surface area contributed by atoms with Crippen LogP contribution in [0.3, 0.4) is 0 Å². The highest BCUT2D eigenvalue weighted by Crippen LogP contribution is 2.24. The van der Waals surface area contributed by atoms with Gasteiger partial charge in [0.1, 0.15) is 12.4 Å². The van der Waals surface area contributed by atoms with Gasteiger partial charge in [-0.05, 0) is 56.5 Å². The van der Waals surface area contributed by atoms with Crippen molar-refractivity contribution in [2.45, 2.75) is 52.4 Å². The minimum Gasteiger partial charge on any atom is -0.489 e. The summed E-state index contributed by atoms with van der Waals surface area (Å²) in [4.78, 5) is 15.0. The van der Waals surface area contributed by atoms with Gasteiger partial charge in [0.15, 0.2) is 0 Å². The second-order valence-corrected chi connectivity index (χ2v) is 8.82. The average molecular weight is 417 g/mol. The number of amides is 2. The Morgan fingerprint density at radius 3 is 2.16 bits per heavy atom. The van der Waals surface area contributed by atoms with Crippen molar-refractivity contribution in [3.8, 4) is 5.75 Å². The van der Waals surface area contributed by atoms with Crippen LogP contribution in [0.15, 0.2) is 84.9 Å². The molecule has 0 aliphatic carbocycles. The Labute approximate surface area is 185 Å². The van der Waals surface area contributed by atoms with Gasteiger partial charge in [-0.25, -0.2) is 4.79 Å². The minimum atomic E-state index is -0.313. The van der Waals surface area contributed by atoms with Gasteiger partial charge >= 0.3 is 6.03 Å². The van der Waals surface area contributed by atoms with E-state index in [2.05, 4.69) is 24.4 Å². The van der Waals surface area contributed by atoms with Gasteiger partial charge in [-0.3, -0.25) is 0 Å². The molecule has 0 heterocycles. The first-order chi connectivity index (χ1) is 14.8. The smallest absolute Gasteiger partial charge is 0.318 e. The molecule has 4 nitrogen and oxygen atoms in total. The van der Waals surface area contributed by atoms with Crippen LogP contribution in [-0.2, 0) is 13.2 Å². The van der Waals surface area contributed by atoms with Crippen LogP contribution in [0, 0.1) is 0 Å². The third-order valence-electron chi connectivity index (χ3n) is 4.99. The first kappa shape index (κ1) is 22.4. The molecule has 3 aromatic rings. The van der Waals surface area contributed by atoms with Crippen molar-refractivity contribution in [1.29, 1.82) is 0 Å². The Morgan fingerprint density at radius 2 is 1.52 bits per heavy atom. The summed E-state index contributed by atoms with van der Waals surface area (Å²) in [6.07, 6.45) is 0. The lowest BCUT2D eigenvalue weighted by molar-refractivity contribution is 0.166. The summed E-state index contributed by atoms with van der Waals surface area (Å²) in [6.45, 7) is 9.05. The number of rotatable bonds is 7. The molecule has 0 spiro atoms. The molecule has 31 heavy (non-hydrogen) atoms. The number of benzene rings is 3. The maximum atomic E-state index is 13.2. The molecule has 3 rings (SSSR count). The van der Waals surface area contributed by atoms with Gasteiger partial charge in [0.2, 0.25) is 0 Å². The third kappa shape index (κ3) is 6.88. The van der Waals surface area contributed by atoms with E-state index in [1.165, 1.54) is 0 Å². The normalized spacial score (nSPS) is 12.1. The highest BCUT2D eigenvalue weighted by Gasteiger charge is 2.25. The number of nitrogens with one attached hydrogen (secondary N) is 1. The zero-order valence-corrected chi connectivity index (χ0v) is 18.8. The fourth-order valence-electron chi connectivity index (χ4n) is 3.36. The number of carbonyl (C=O) groups is 1. The summed E-state index contributed by atoms with van der Waals surface area (Å²) in [7, 11) is 0. The van der Waals surface area contributed by atoms with E-state index in [0.29, 0.717) is 13.2 Å². The summed E-state index contributed by atoms with van der Waals surface area (Å²) in [5.74, 6) is 0.796. The van der Waals surface area contributed by atoms with Crippen LogP contribution in [0.5, 0.6) is 5.75 Å². The fraction of sp³-hybridized carbons (Fsp3) is 0.296. The molecule has 1 N–H and O–H groups in total. The molecular formula is C27H32N2O2. The largest absolute Gasteiger partial charge is 0.489 e. The first-order valence-electron chi connectivity index (χ1n) is 10.7. The summed E-state index contributed by atoms with van der Waals surface area (Å²) < 4.78 is 5.98. The summed E-state index contributed by atoms with van der Waals surface area (Å²) in [6, 6.07) is 28.0. The molecule has 3 aromatic carbocycles. The van der Waals surface area contributed by atoms with Crippen LogP contribution >= 0.6 is 0 Å². The minimum absolute atomic E-state index is 0.0718. The number of hydrogen-bond acceptors (Lipinski definition) is 2. The van der Waals surface area contributed by atoms with E-state index in [0.717, 1.165) is 22.4 Å². The Kier molecular flexibility index (Phi) is 7.35. The fourth-order valence-corrected chi connectivity index (χ4v) is 3.36. The predicted molar refractivity (Wildman–Crippen MR) is 126 cm³/mol. The molecule has 1 atom stereocenters. The van der Waals surface area contributed by atoms with Crippen LogP contribution in [0.2, 0.25) is 0 Å². The van der Waals surface area contributed by atoms with E-state index < -0.39 is 0 Å². The van der Waals surface area contributed by atoms with Gasteiger partial charge in [0.05, 0.1) is 6.04 Å². The van der Waals surface area contributed by atoms with E-state index in [9.17, 15) is 4.79 Å². The standard InChI is InChI=1S/C27H32N2O2/c1-21(24-15-9-6-10-16-24)29(26(30)28-27(2,3)4)19-23-14-11-17-25(18-23)31-20-22-12-7-5-8-13-22/h5-18,21H,19-20H2,1-4H3,(H,28,30). The summed E-state index contributed by atoms with van der Waals surface area (Å²) in [5, 5.41) is 3.11. The van der Waals surface area contributed by atoms with Gasteiger partial charge < -0.3 is 15.0 Å². The number of carbonyl (C=O) groups excluding carboxylic acids is 1. The highest BCUT2D eigenvalue weighted by atomic mass is 16.5. The van der Waals surface area contributed by atoms with Gasteiger partial charge in [0, 0.05) is 12.1 Å². The molecule has 1 unspecified atom stereocenters. The molecule has 0 radical (unpaired) electrons. The molecule has 0 aliphatic rings. The topological polar surface area (TPSA) is 41.6 Å². The van der Waals surface area contributed by atoms with Crippen LogP contribution in [-0.4, -0.2) is 16.5 Å². The molecule has 0 fully saturated rings. The second-order valence-electron chi connectivity index (χ2n) is 8.82. The molecule has 0 saturated heterocycles.